The second-order valence-corrected chi connectivity index (χ2v) is 12.1. The zero-order valence-corrected chi connectivity index (χ0v) is 14.5. The largest absolute Gasteiger partial charge is 0.264 e. The molecular formula is C15H23F2PS2. The highest BCUT2D eigenvalue weighted by molar-refractivity contribution is 8.65. The van der Waals surface area contributed by atoms with Crippen LogP contribution in [0.4, 0.5) is 8.78 Å². The molecule has 114 valence electrons. The summed E-state index contributed by atoms with van der Waals surface area (Å²) < 4.78 is 26.0. The Morgan fingerprint density at radius 2 is 1.70 bits per heavy atom. The third kappa shape index (κ3) is 5.83. The molecule has 20 heavy (non-hydrogen) atoms. The van der Waals surface area contributed by atoms with Gasteiger partial charge >= 0.3 is 0 Å². The van der Waals surface area contributed by atoms with Gasteiger partial charge in [0, 0.05) is 16.1 Å². The summed E-state index contributed by atoms with van der Waals surface area (Å²) in [6.07, 6.45) is 5.35. The summed E-state index contributed by atoms with van der Waals surface area (Å²) in [5.74, 6) is 0. The first-order valence-electron chi connectivity index (χ1n) is 7.18. The SMILES string of the molecule is CCCCCCCC[P@@](=S)(S)c1ccccc1C(F)F. The fraction of sp³-hybridized carbons (Fsp3) is 0.600. The van der Waals surface area contributed by atoms with Gasteiger partial charge in [-0.2, -0.15) is 0 Å². The van der Waals surface area contributed by atoms with Crippen LogP contribution in [-0.2, 0) is 11.8 Å². The molecule has 0 aliphatic heterocycles. The highest BCUT2D eigenvalue weighted by atomic mass is 32.9. The monoisotopic (exact) mass is 336 g/mol. The lowest BCUT2D eigenvalue weighted by Crippen LogP contribution is -2.10. The molecule has 0 fully saturated rings. The third-order valence-electron chi connectivity index (χ3n) is 3.36. The molecule has 0 bridgehead atoms. The van der Waals surface area contributed by atoms with Crippen LogP contribution < -0.4 is 5.30 Å². The summed E-state index contributed by atoms with van der Waals surface area (Å²) in [6, 6.07) is 6.61. The molecule has 0 radical (unpaired) electrons. The summed E-state index contributed by atoms with van der Waals surface area (Å²) in [6.45, 7) is 2.19. The number of hydrogen-bond acceptors (Lipinski definition) is 1. The Labute approximate surface area is 131 Å². The Morgan fingerprint density at radius 3 is 2.35 bits per heavy atom. The molecule has 1 rings (SSSR count). The lowest BCUT2D eigenvalue weighted by Gasteiger charge is -2.19. The minimum absolute atomic E-state index is 0.0665. The van der Waals surface area contributed by atoms with Crippen molar-refractivity contribution in [2.24, 2.45) is 0 Å². The summed E-state index contributed by atoms with van der Waals surface area (Å²) >= 11 is 10.1. The quantitative estimate of drug-likeness (QED) is 0.331. The number of hydrogen-bond donors (Lipinski definition) is 1. The van der Waals surface area contributed by atoms with Gasteiger partial charge in [-0.15, -0.1) is 12.2 Å². The van der Waals surface area contributed by atoms with Gasteiger partial charge in [-0.25, -0.2) is 8.78 Å². The standard InChI is InChI=1S/C15H23F2PS2/c1-2-3-4-5-6-9-12-18(19,20)14-11-8-7-10-13(14)15(16)17/h7-8,10-11,15H,2-6,9,12H2,1H3,(H,19,20). The molecule has 0 amide bonds. The van der Waals surface area contributed by atoms with Crippen LogP contribution in [0.25, 0.3) is 0 Å². The van der Waals surface area contributed by atoms with Crippen molar-refractivity contribution < 1.29 is 8.78 Å². The molecule has 0 nitrogen and oxygen atoms in total. The maximum Gasteiger partial charge on any atom is 0.264 e. The second kappa shape index (κ2) is 9.17. The second-order valence-electron chi connectivity index (χ2n) is 5.05. The molecule has 0 heterocycles. The summed E-state index contributed by atoms with van der Waals surface area (Å²) in [4.78, 5) is 0. The molecular weight excluding hydrogens is 313 g/mol. The van der Waals surface area contributed by atoms with E-state index in [1.807, 2.05) is 0 Å². The van der Waals surface area contributed by atoms with Crippen molar-refractivity contribution in [1.29, 1.82) is 0 Å². The maximum atomic E-state index is 13.0. The van der Waals surface area contributed by atoms with Crippen molar-refractivity contribution in [3.8, 4) is 0 Å². The predicted octanol–water partition coefficient (Wildman–Crippen LogP) is 5.93. The van der Waals surface area contributed by atoms with Crippen LogP contribution in [0.2, 0.25) is 0 Å². The molecule has 0 aliphatic carbocycles. The maximum absolute atomic E-state index is 13.0. The summed E-state index contributed by atoms with van der Waals surface area (Å²) in [5, 5.41) is -1.55. The molecule has 5 heteroatoms. The molecule has 0 unspecified atom stereocenters. The third-order valence-corrected chi connectivity index (χ3v) is 7.83. The van der Waals surface area contributed by atoms with Gasteiger partial charge in [-0.05, 0) is 12.6 Å². The summed E-state index contributed by atoms with van der Waals surface area (Å²) in [7, 11) is 0. The zero-order chi connectivity index (χ0) is 15.0. The van der Waals surface area contributed by atoms with E-state index < -0.39 is 11.7 Å². The van der Waals surface area contributed by atoms with Crippen molar-refractivity contribution in [3.63, 3.8) is 0 Å². The van der Waals surface area contributed by atoms with Crippen molar-refractivity contribution in [2.45, 2.75) is 51.9 Å². The minimum atomic E-state index is -2.47. The Bertz CT molecular complexity index is 449. The number of alkyl halides is 2. The van der Waals surface area contributed by atoms with Crippen LogP contribution in [0.3, 0.4) is 0 Å². The Hall–Kier alpha value is 0.0800. The van der Waals surface area contributed by atoms with Gasteiger partial charge in [0.15, 0.2) is 0 Å². The number of rotatable bonds is 9. The van der Waals surface area contributed by atoms with Gasteiger partial charge in [-0.3, -0.25) is 0 Å². The molecule has 0 aromatic heterocycles. The molecule has 1 atom stereocenters. The molecule has 0 spiro atoms. The van der Waals surface area contributed by atoms with Crippen LogP contribution in [0, 0.1) is 0 Å². The fourth-order valence-corrected chi connectivity index (χ4v) is 5.86. The van der Waals surface area contributed by atoms with Gasteiger partial charge in [0.2, 0.25) is 0 Å². The number of unbranched alkanes of at least 4 members (excludes halogenated alkanes) is 5. The Balaban J connectivity index is 2.58. The van der Waals surface area contributed by atoms with Crippen LogP contribution in [0.1, 0.15) is 57.4 Å². The van der Waals surface area contributed by atoms with Crippen LogP contribution in [-0.4, -0.2) is 6.16 Å². The van der Waals surface area contributed by atoms with Crippen molar-refractivity contribution in [2.75, 3.05) is 6.16 Å². The molecule has 1 aromatic rings. The zero-order valence-electron chi connectivity index (χ0n) is 11.9. The van der Waals surface area contributed by atoms with Crippen LogP contribution in [0.15, 0.2) is 24.3 Å². The average Bonchev–Trinajstić information content (AvgIpc) is 2.42. The lowest BCUT2D eigenvalue weighted by molar-refractivity contribution is 0.152. The minimum Gasteiger partial charge on any atom is -0.205 e. The van der Waals surface area contributed by atoms with E-state index in [0.717, 1.165) is 19.0 Å². The van der Waals surface area contributed by atoms with Crippen molar-refractivity contribution in [1.82, 2.24) is 0 Å². The van der Waals surface area contributed by atoms with Gasteiger partial charge < -0.3 is 0 Å². The molecule has 0 aliphatic rings. The van der Waals surface area contributed by atoms with Gasteiger partial charge in [0.05, 0.1) is 0 Å². The first-order valence-corrected chi connectivity index (χ1v) is 11.3. The lowest BCUT2D eigenvalue weighted by atomic mass is 10.1. The first-order chi connectivity index (χ1) is 9.49. The number of benzene rings is 1. The Kier molecular flexibility index (Phi) is 8.31. The van der Waals surface area contributed by atoms with E-state index in [0.29, 0.717) is 5.30 Å². The van der Waals surface area contributed by atoms with E-state index in [2.05, 4.69) is 19.2 Å². The Morgan fingerprint density at radius 1 is 1.10 bits per heavy atom. The van der Waals surface area contributed by atoms with Gasteiger partial charge in [0.25, 0.3) is 6.43 Å². The van der Waals surface area contributed by atoms with Crippen molar-refractivity contribution in [3.05, 3.63) is 29.8 Å². The van der Waals surface area contributed by atoms with E-state index in [1.165, 1.54) is 31.7 Å². The fourth-order valence-electron chi connectivity index (χ4n) is 2.22. The molecule has 0 N–H and O–H groups in total. The molecule has 1 aromatic carbocycles. The molecule has 0 saturated carbocycles. The van der Waals surface area contributed by atoms with E-state index in [4.69, 9.17) is 11.8 Å². The van der Waals surface area contributed by atoms with Gasteiger partial charge in [0.1, 0.15) is 0 Å². The van der Waals surface area contributed by atoms with E-state index >= 15 is 0 Å². The smallest absolute Gasteiger partial charge is 0.205 e. The predicted molar refractivity (Wildman–Crippen MR) is 92.5 cm³/mol. The number of halogens is 2. The first kappa shape index (κ1) is 18.1. The normalized spacial score (nSPS) is 14.4. The molecule has 0 saturated heterocycles. The topological polar surface area (TPSA) is 0 Å². The van der Waals surface area contributed by atoms with E-state index in [-0.39, 0.29) is 5.56 Å². The van der Waals surface area contributed by atoms with Gasteiger partial charge in [-0.1, -0.05) is 75.1 Å². The van der Waals surface area contributed by atoms with Crippen LogP contribution in [0.5, 0.6) is 0 Å². The highest BCUT2D eigenvalue weighted by Gasteiger charge is 2.22. The van der Waals surface area contributed by atoms with Crippen molar-refractivity contribution >= 4 is 34.6 Å². The number of thiol groups is 1. The summed E-state index contributed by atoms with van der Waals surface area (Å²) in [5.41, 5.74) is 0.0665. The van der Waals surface area contributed by atoms with E-state index in [1.54, 1.807) is 18.2 Å². The average molecular weight is 336 g/mol. The highest BCUT2D eigenvalue weighted by Crippen LogP contribution is 2.52. The van der Waals surface area contributed by atoms with Crippen LogP contribution >= 0.6 is 17.5 Å². The van der Waals surface area contributed by atoms with E-state index in [9.17, 15) is 8.78 Å².